The number of ether oxygens (including phenoxy) is 1. The number of hydrogen-bond acceptors (Lipinski definition) is 3. The second-order valence-electron chi connectivity index (χ2n) is 2.87. The Morgan fingerprint density at radius 1 is 1.50 bits per heavy atom. The molecule has 3 nitrogen and oxygen atoms in total. The van der Waals surface area contributed by atoms with Gasteiger partial charge in [0.1, 0.15) is 0 Å². The Balaban J connectivity index is 2.13. The Kier molecular flexibility index (Phi) is 3.12. The molecule has 0 aromatic heterocycles. The predicted octanol–water partition coefficient (Wildman–Crippen LogP) is 0.843. The van der Waals surface area contributed by atoms with Crippen molar-refractivity contribution >= 4 is 0 Å². The number of hydrogen-bond donors (Lipinski definition) is 0. The van der Waals surface area contributed by atoms with Gasteiger partial charge in [-0.15, -0.1) is 0 Å². The van der Waals surface area contributed by atoms with Crippen LogP contribution in [0, 0.1) is 11.1 Å². The molecule has 0 aromatic rings. The van der Waals surface area contributed by atoms with Crippen molar-refractivity contribution in [3.63, 3.8) is 0 Å². The van der Waals surface area contributed by atoms with Crippen molar-refractivity contribution in [2.45, 2.75) is 12.8 Å². The van der Waals surface area contributed by atoms with E-state index in [0.29, 0.717) is 12.5 Å². The van der Waals surface area contributed by atoms with E-state index in [4.69, 9.17) is 4.74 Å². The van der Waals surface area contributed by atoms with Crippen LogP contribution in [-0.2, 0) is 4.74 Å². The van der Waals surface area contributed by atoms with Crippen LogP contribution in [0.3, 0.4) is 0 Å². The average Bonchev–Trinajstić information content (AvgIpc) is 1.88. The van der Waals surface area contributed by atoms with Crippen LogP contribution in [0.5, 0.6) is 0 Å². The molecule has 3 heteroatoms. The van der Waals surface area contributed by atoms with Crippen molar-refractivity contribution in [1.29, 1.82) is 0 Å². The molecule has 0 aliphatic carbocycles. The molecule has 0 bridgehead atoms. The maximum absolute atomic E-state index is 10.6. The molecule has 0 N–H and O–H groups in total. The van der Waals surface area contributed by atoms with Crippen LogP contribution < -0.4 is 0 Å². The van der Waals surface area contributed by atoms with E-state index in [-0.39, 0.29) is 0 Å². The highest BCUT2D eigenvalue weighted by atomic mass is 16.5. The zero-order chi connectivity index (χ0) is 7.40. The van der Waals surface area contributed by atoms with Gasteiger partial charge in [-0.25, -0.2) is 0 Å². The van der Waals surface area contributed by atoms with E-state index in [1.165, 1.54) is 0 Å². The summed E-state index contributed by atoms with van der Waals surface area (Å²) in [6, 6.07) is 0. The van der Waals surface area contributed by atoms with E-state index >= 15 is 0 Å². The van der Waals surface area contributed by atoms with Gasteiger partial charge in [-0.2, -0.15) is 0 Å². The molecular formula is C7H14NO2-. The maximum atomic E-state index is 10.6. The van der Waals surface area contributed by atoms with Gasteiger partial charge in [-0.3, -0.25) is 0 Å². The summed E-state index contributed by atoms with van der Waals surface area (Å²) in [7, 11) is 1.58. The predicted molar refractivity (Wildman–Crippen MR) is 39.5 cm³/mol. The molecule has 1 heterocycles. The SMILES string of the molecule is CN([O-])CC1CCOCC1. The van der Waals surface area contributed by atoms with Crippen molar-refractivity contribution in [1.82, 2.24) is 5.06 Å². The van der Waals surface area contributed by atoms with Gasteiger partial charge in [0.05, 0.1) is 0 Å². The quantitative estimate of drug-likeness (QED) is 0.539. The highest BCUT2D eigenvalue weighted by Gasteiger charge is 2.12. The summed E-state index contributed by atoms with van der Waals surface area (Å²) >= 11 is 0. The van der Waals surface area contributed by atoms with E-state index < -0.39 is 0 Å². The van der Waals surface area contributed by atoms with Crippen molar-refractivity contribution in [3.8, 4) is 0 Å². The zero-order valence-electron chi connectivity index (χ0n) is 6.38. The van der Waals surface area contributed by atoms with E-state index in [1.54, 1.807) is 7.05 Å². The second-order valence-corrected chi connectivity index (χ2v) is 2.87. The normalized spacial score (nSPS) is 21.9. The molecule has 1 fully saturated rings. The van der Waals surface area contributed by atoms with Gasteiger partial charge in [0.25, 0.3) is 0 Å². The van der Waals surface area contributed by atoms with Crippen LogP contribution in [-0.4, -0.2) is 31.9 Å². The molecule has 0 atom stereocenters. The van der Waals surface area contributed by atoms with Crippen molar-refractivity contribution in [2.24, 2.45) is 5.92 Å². The topological polar surface area (TPSA) is 35.5 Å². The molecule has 1 saturated heterocycles. The Labute approximate surface area is 61.5 Å². The lowest BCUT2D eigenvalue weighted by molar-refractivity contribution is 0.0599. The third kappa shape index (κ3) is 2.64. The molecule has 0 aromatic carbocycles. The fraction of sp³-hybridized carbons (Fsp3) is 1.00. The Bertz CT molecular complexity index is 89.6. The summed E-state index contributed by atoms with van der Waals surface area (Å²) in [6.07, 6.45) is 2.10. The van der Waals surface area contributed by atoms with Gasteiger partial charge < -0.3 is 15.0 Å². The van der Waals surface area contributed by atoms with Gasteiger partial charge in [0.15, 0.2) is 0 Å². The standard InChI is InChI=1S/C7H14NO2/c1-8(9)6-7-2-4-10-5-3-7/h7H,2-6H2,1H3/q-1. The summed E-state index contributed by atoms with van der Waals surface area (Å²) in [5, 5.41) is 11.6. The fourth-order valence-corrected chi connectivity index (χ4v) is 1.29. The summed E-state index contributed by atoms with van der Waals surface area (Å²) < 4.78 is 5.16. The molecule has 0 saturated carbocycles. The molecule has 1 aliphatic rings. The lowest BCUT2D eigenvalue weighted by Crippen LogP contribution is -2.25. The van der Waals surface area contributed by atoms with Crippen LogP contribution in [0.2, 0.25) is 0 Å². The molecule has 0 radical (unpaired) electrons. The van der Waals surface area contributed by atoms with Gasteiger partial charge in [-0.05, 0) is 32.4 Å². The van der Waals surface area contributed by atoms with Gasteiger partial charge in [0.2, 0.25) is 0 Å². The van der Waals surface area contributed by atoms with Crippen molar-refractivity contribution in [3.05, 3.63) is 5.21 Å². The number of hydroxylamine groups is 2. The minimum atomic E-state index is 0.566. The third-order valence-corrected chi connectivity index (χ3v) is 1.86. The minimum Gasteiger partial charge on any atom is -0.785 e. The monoisotopic (exact) mass is 144 g/mol. The Hall–Kier alpha value is -0.120. The lowest BCUT2D eigenvalue weighted by atomic mass is 10.0. The van der Waals surface area contributed by atoms with Crippen LogP contribution in [0.1, 0.15) is 12.8 Å². The number of nitrogens with zero attached hydrogens (tertiary/aromatic N) is 1. The minimum absolute atomic E-state index is 0.566. The summed E-state index contributed by atoms with van der Waals surface area (Å²) in [5.41, 5.74) is 0. The van der Waals surface area contributed by atoms with Crippen LogP contribution >= 0.6 is 0 Å². The smallest absolute Gasteiger partial charge is 0.0469 e. The summed E-state index contributed by atoms with van der Waals surface area (Å²) in [5.74, 6) is 0.566. The van der Waals surface area contributed by atoms with Gasteiger partial charge >= 0.3 is 0 Å². The van der Waals surface area contributed by atoms with Crippen molar-refractivity contribution in [2.75, 3.05) is 26.8 Å². The Morgan fingerprint density at radius 2 is 2.10 bits per heavy atom. The summed E-state index contributed by atoms with van der Waals surface area (Å²) in [4.78, 5) is 0. The van der Waals surface area contributed by atoms with Crippen LogP contribution in [0.4, 0.5) is 0 Å². The maximum Gasteiger partial charge on any atom is 0.0469 e. The highest BCUT2D eigenvalue weighted by Crippen LogP contribution is 2.14. The molecule has 1 aliphatic heterocycles. The molecule has 0 spiro atoms. The van der Waals surface area contributed by atoms with E-state index in [1.807, 2.05) is 0 Å². The highest BCUT2D eigenvalue weighted by molar-refractivity contribution is 4.66. The van der Waals surface area contributed by atoms with E-state index in [9.17, 15) is 5.21 Å². The first-order chi connectivity index (χ1) is 4.79. The van der Waals surface area contributed by atoms with E-state index in [2.05, 4.69) is 0 Å². The largest absolute Gasteiger partial charge is 0.785 e. The first-order valence-electron chi connectivity index (χ1n) is 3.75. The molecular weight excluding hydrogens is 130 g/mol. The van der Waals surface area contributed by atoms with Crippen LogP contribution in [0.15, 0.2) is 0 Å². The molecule has 0 amide bonds. The molecule has 0 unspecified atom stereocenters. The molecule has 1 rings (SSSR count). The molecule has 10 heavy (non-hydrogen) atoms. The van der Waals surface area contributed by atoms with Crippen molar-refractivity contribution < 1.29 is 4.74 Å². The average molecular weight is 144 g/mol. The first kappa shape index (κ1) is 7.98. The van der Waals surface area contributed by atoms with E-state index in [0.717, 1.165) is 31.1 Å². The summed E-state index contributed by atoms with van der Waals surface area (Å²) in [6.45, 7) is 2.33. The second kappa shape index (κ2) is 3.91. The van der Waals surface area contributed by atoms with Gasteiger partial charge in [0, 0.05) is 13.2 Å². The third-order valence-electron chi connectivity index (χ3n) is 1.86. The van der Waals surface area contributed by atoms with Gasteiger partial charge in [-0.1, -0.05) is 0 Å². The molecule has 60 valence electrons. The fourth-order valence-electron chi connectivity index (χ4n) is 1.29. The lowest BCUT2D eigenvalue weighted by Gasteiger charge is -2.30. The zero-order valence-corrected chi connectivity index (χ0v) is 6.38. The first-order valence-corrected chi connectivity index (χ1v) is 3.75. The number of rotatable bonds is 2. The Morgan fingerprint density at radius 3 is 2.60 bits per heavy atom. The van der Waals surface area contributed by atoms with Crippen LogP contribution in [0.25, 0.3) is 0 Å².